The van der Waals surface area contributed by atoms with Gasteiger partial charge in [-0.05, 0) is 18.9 Å². The van der Waals surface area contributed by atoms with Crippen LogP contribution in [-0.4, -0.2) is 69.1 Å². The summed E-state index contributed by atoms with van der Waals surface area (Å²) in [5.74, 6) is 2.63. The monoisotopic (exact) mass is 463 g/mol. The summed E-state index contributed by atoms with van der Waals surface area (Å²) >= 11 is 1.56. The third-order valence-corrected chi connectivity index (χ3v) is 6.99. The van der Waals surface area contributed by atoms with Crippen molar-refractivity contribution < 1.29 is 4.74 Å². The van der Waals surface area contributed by atoms with Gasteiger partial charge in [0.05, 0.1) is 15.9 Å². The smallest absolute Gasteiger partial charge is 0.227 e. The van der Waals surface area contributed by atoms with Crippen molar-refractivity contribution in [1.29, 1.82) is 0 Å². The molecule has 0 bridgehead atoms. The van der Waals surface area contributed by atoms with Crippen LogP contribution in [0.15, 0.2) is 36.8 Å². The molecule has 0 aliphatic carbocycles. The van der Waals surface area contributed by atoms with Gasteiger partial charge in [0.25, 0.3) is 0 Å². The maximum Gasteiger partial charge on any atom is 0.227 e. The highest BCUT2D eigenvalue weighted by Gasteiger charge is 2.22. The van der Waals surface area contributed by atoms with Crippen molar-refractivity contribution in [3.8, 4) is 5.13 Å². The van der Waals surface area contributed by atoms with E-state index in [1.165, 1.54) is 0 Å². The van der Waals surface area contributed by atoms with Crippen molar-refractivity contribution in [2.75, 3.05) is 49.6 Å². The Morgan fingerprint density at radius 2 is 1.94 bits per heavy atom. The zero-order chi connectivity index (χ0) is 22.0. The van der Waals surface area contributed by atoms with E-state index >= 15 is 0 Å². The van der Waals surface area contributed by atoms with Crippen molar-refractivity contribution in [3.05, 3.63) is 42.5 Å². The summed E-state index contributed by atoms with van der Waals surface area (Å²) in [6.45, 7) is 5.23. The Morgan fingerprint density at radius 3 is 2.76 bits per heavy atom. The number of nitrogens with one attached hydrogen (secondary N) is 2. The molecule has 6 rings (SSSR count). The molecule has 0 amide bonds. The van der Waals surface area contributed by atoms with Crippen LogP contribution in [0, 0.1) is 0 Å². The van der Waals surface area contributed by atoms with Gasteiger partial charge in [-0.3, -0.25) is 0 Å². The van der Waals surface area contributed by atoms with Crippen molar-refractivity contribution in [3.63, 3.8) is 0 Å². The zero-order valence-corrected chi connectivity index (χ0v) is 19.0. The molecule has 4 aromatic rings. The van der Waals surface area contributed by atoms with Gasteiger partial charge in [0.1, 0.15) is 11.6 Å². The standard InChI is InChI=1S/C22H25N9OS/c1-4-25-31(7-1)22-27-17-13-19(24-14-18(17)33-22)28-20-12-16(15-2-10-32-11-3-15)26-21(29-20)30-8-5-23-6-9-30/h1,4,7,12-15,23H,2-3,5-6,8-11H2,(H,24,26,28,29). The first-order valence-electron chi connectivity index (χ1n) is 11.3. The quantitative estimate of drug-likeness (QED) is 0.462. The van der Waals surface area contributed by atoms with Crippen LogP contribution in [0.1, 0.15) is 24.5 Å². The Labute approximate surface area is 195 Å². The van der Waals surface area contributed by atoms with Gasteiger partial charge in [-0.1, -0.05) is 11.3 Å². The van der Waals surface area contributed by atoms with Crippen molar-refractivity contribution >= 4 is 39.1 Å². The second kappa shape index (κ2) is 9.00. The number of pyridine rings is 1. The minimum Gasteiger partial charge on any atom is -0.381 e. The molecule has 0 aromatic carbocycles. The fraction of sp³-hybridized carbons (Fsp3) is 0.409. The summed E-state index contributed by atoms with van der Waals surface area (Å²) < 4.78 is 8.34. The number of fused-ring (bicyclic) bond motifs is 1. The number of hydrogen-bond donors (Lipinski definition) is 2. The molecule has 2 aliphatic rings. The zero-order valence-electron chi connectivity index (χ0n) is 18.1. The van der Waals surface area contributed by atoms with Crippen LogP contribution in [0.5, 0.6) is 0 Å². The van der Waals surface area contributed by atoms with Crippen LogP contribution in [0.3, 0.4) is 0 Å². The van der Waals surface area contributed by atoms with Gasteiger partial charge in [0.15, 0.2) is 0 Å². The molecule has 170 valence electrons. The second-order valence-electron chi connectivity index (χ2n) is 8.21. The van der Waals surface area contributed by atoms with Gasteiger partial charge in [0.2, 0.25) is 11.1 Å². The van der Waals surface area contributed by atoms with Gasteiger partial charge < -0.3 is 20.3 Å². The van der Waals surface area contributed by atoms with Gasteiger partial charge in [0, 0.05) is 76.0 Å². The van der Waals surface area contributed by atoms with Crippen LogP contribution < -0.4 is 15.5 Å². The second-order valence-corrected chi connectivity index (χ2v) is 9.22. The van der Waals surface area contributed by atoms with Crippen molar-refractivity contribution in [2.45, 2.75) is 18.8 Å². The summed E-state index contributed by atoms with van der Waals surface area (Å²) in [4.78, 5) is 21.4. The molecule has 0 unspecified atom stereocenters. The molecule has 33 heavy (non-hydrogen) atoms. The number of ether oxygens (including phenoxy) is 1. The maximum atomic E-state index is 5.56. The number of rotatable bonds is 5. The van der Waals surface area contributed by atoms with Crippen LogP contribution in [-0.2, 0) is 4.74 Å². The van der Waals surface area contributed by atoms with Crippen molar-refractivity contribution in [2.24, 2.45) is 0 Å². The summed E-state index contributed by atoms with van der Waals surface area (Å²) in [5, 5.41) is 11.9. The average molecular weight is 464 g/mol. The predicted octanol–water partition coefficient (Wildman–Crippen LogP) is 2.71. The van der Waals surface area contributed by atoms with Crippen LogP contribution in [0.25, 0.3) is 15.3 Å². The lowest BCUT2D eigenvalue weighted by molar-refractivity contribution is 0.0845. The van der Waals surface area contributed by atoms with E-state index in [0.717, 1.165) is 85.0 Å². The Kier molecular flexibility index (Phi) is 5.58. The molecule has 2 N–H and O–H groups in total. The first-order chi connectivity index (χ1) is 16.3. The molecule has 2 aliphatic heterocycles. The Morgan fingerprint density at radius 1 is 1.06 bits per heavy atom. The molecule has 10 nitrogen and oxygen atoms in total. The molecule has 2 saturated heterocycles. The van der Waals surface area contributed by atoms with Gasteiger partial charge in [-0.2, -0.15) is 10.1 Å². The molecular formula is C22H25N9OS. The molecule has 0 spiro atoms. The highest BCUT2D eigenvalue weighted by Crippen LogP contribution is 2.30. The minimum absolute atomic E-state index is 0.384. The molecule has 11 heteroatoms. The molecule has 4 aromatic heterocycles. The number of piperazine rings is 1. The largest absolute Gasteiger partial charge is 0.381 e. The Bertz CT molecular complexity index is 1190. The van der Waals surface area contributed by atoms with E-state index in [1.54, 1.807) is 22.2 Å². The van der Waals surface area contributed by atoms with Gasteiger partial charge in [-0.15, -0.1) is 0 Å². The van der Waals surface area contributed by atoms with E-state index in [0.29, 0.717) is 11.7 Å². The summed E-state index contributed by atoms with van der Waals surface area (Å²) in [7, 11) is 0. The average Bonchev–Trinajstić information content (AvgIpc) is 3.55. The third-order valence-electron chi connectivity index (χ3n) is 5.99. The maximum absolute atomic E-state index is 5.56. The van der Waals surface area contributed by atoms with Crippen LogP contribution in [0.2, 0.25) is 0 Å². The van der Waals surface area contributed by atoms with Gasteiger partial charge in [-0.25, -0.2) is 19.6 Å². The van der Waals surface area contributed by atoms with Crippen molar-refractivity contribution in [1.82, 2.24) is 35.0 Å². The fourth-order valence-corrected chi connectivity index (χ4v) is 5.08. The first kappa shape index (κ1) is 20.5. The van der Waals surface area contributed by atoms with E-state index in [1.807, 2.05) is 24.5 Å². The van der Waals surface area contributed by atoms with Crippen LogP contribution >= 0.6 is 11.3 Å². The SMILES string of the molecule is c1cnn(-c2nc3cc(Nc4cc(C5CCOCC5)nc(N5CCNCC5)n4)ncc3s2)c1. The Balaban J connectivity index is 1.31. The molecule has 0 radical (unpaired) electrons. The highest BCUT2D eigenvalue weighted by atomic mass is 32.1. The number of hydrogen-bond acceptors (Lipinski definition) is 10. The number of nitrogens with zero attached hydrogens (tertiary/aromatic N) is 7. The number of thiazole rings is 1. The van der Waals surface area contributed by atoms with Gasteiger partial charge >= 0.3 is 0 Å². The summed E-state index contributed by atoms with van der Waals surface area (Å²) in [5.41, 5.74) is 1.95. The normalized spacial score (nSPS) is 17.5. The van der Waals surface area contributed by atoms with E-state index in [2.05, 4.69) is 31.7 Å². The number of aromatic nitrogens is 6. The van der Waals surface area contributed by atoms with E-state index < -0.39 is 0 Å². The third kappa shape index (κ3) is 4.39. The van der Waals surface area contributed by atoms with E-state index in [4.69, 9.17) is 19.7 Å². The fourth-order valence-electron chi connectivity index (χ4n) is 4.23. The van der Waals surface area contributed by atoms with Crippen LogP contribution in [0.4, 0.5) is 17.6 Å². The lowest BCUT2D eigenvalue weighted by Crippen LogP contribution is -2.44. The topological polar surface area (TPSA) is 106 Å². The molecule has 0 atom stereocenters. The Hall–Kier alpha value is -3.15. The lowest BCUT2D eigenvalue weighted by atomic mass is 9.96. The number of anilines is 3. The first-order valence-corrected chi connectivity index (χ1v) is 12.1. The molecule has 6 heterocycles. The van der Waals surface area contributed by atoms with E-state index in [-0.39, 0.29) is 0 Å². The highest BCUT2D eigenvalue weighted by molar-refractivity contribution is 7.20. The minimum atomic E-state index is 0.384. The van der Waals surface area contributed by atoms with E-state index in [9.17, 15) is 0 Å². The lowest BCUT2D eigenvalue weighted by Gasteiger charge is -2.29. The summed E-state index contributed by atoms with van der Waals surface area (Å²) in [6, 6.07) is 5.90. The molecular weight excluding hydrogens is 438 g/mol. The molecule has 2 fully saturated rings. The predicted molar refractivity (Wildman–Crippen MR) is 128 cm³/mol. The molecule has 0 saturated carbocycles. The summed E-state index contributed by atoms with van der Waals surface area (Å²) in [6.07, 6.45) is 7.45.